The van der Waals surface area contributed by atoms with Gasteiger partial charge >= 0.3 is 6.03 Å². The average molecular weight is 302 g/mol. The number of nitrogens with zero attached hydrogens (tertiary/aromatic N) is 3. The molecular weight excluding hydrogens is 280 g/mol. The summed E-state index contributed by atoms with van der Waals surface area (Å²) in [6, 6.07) is 8.51. The molecule has 1 fully saturated rings. The first kappa shape index (κ1) is 14.8. The number of amides is 2. The van der Waals surface area contributed by atoms with Crippen LogP contribution in [0.4, 0.5) is 4.79 Å². The maximum Gasteiger partial charge on any atom is 0.341 e. The SMILES string of the molecule is CCc1nc2ccccc2n1C1CCN(C(=O)NOC)CC1. The predicted octanol–water partition coefficient (Wildman–Crippen LogP) is 2.51. The molecule has 1 aliphatic rings. The summed E-state index contributed by atoms with van der Waals surface area (Å²) in [5.41, 5.74) is 4.63. The molecule has 1 aromatic carbocycles. The molecule has 0 aliphatic carbocycles. The van der Waals surface area contributed by atoms with E-state index in [4.69, 9.17) is 9.82 Å². The highest BCUT2D eigenvalue weighted by atomic mass is 16.6. The molecule has 118 valence electrons. The van der Waals surface area contributed by atoms with Gasteiger partial charge in [-0.1, -0.05) is 19.1 Å². The fraction of sp³-hybridized carbons (Fsp3) is 0.500. The van der Waals surface area contributed by atoms with E-state index in [0.717, 1.165) is 43.7 Å². The summed E-state index contributed by atoms with van der Waals surface area (Å²) in [6.07, 6.45) is 2.79. The molecular formula is C16H22N4O2. The Labute approximate surface area is 130 Å². The van der Waals surface area contributed by atoms with E-state index < -0.39 is 0 Å². The second-order valence-corrected chi connectivity index (χ2v) is 5.57. The van der Waals surface area contributed by atoms with Gasteiger partial charge in [-0.25, -0.2) is 15.3 Å². The molecule has 2 heterocycles. The summed E-state index contributed by atoms with van der Waals surface area (Å²) in [7, 11) is 1.45. The zero-order valence-electron chi connectivity index (χ0n) is 13.1. The van der Waals surface area contributed by atoms with E-state index in [1.54, 1.807) is 4.90 Å². The van der Waals surface area contributed by atoms with E-state index in [9.17, 15) is 4.79 Å². The lowest BCUT2D eigenvalue weighted by atomic mass is 10.0. The molecule has 1 N–H and O–H groups in total. The number of fused-ring (bicyclic) bond motifs is 1. The molecule has 6 nitrogen and oxygen atoms in total. The van der Waals surface area contributed by atoms with Gasteiger partial charge in [0.05, 0.1) is 18.1 Å². The maximum atomic E-state index is 11.8. The highest BCUT2D eigenvalue weighted by molar-refractivity contribution is 5.76. The maximum absolute atomic E-state index is 11.8. The lowest BCUT2D eigenvalue weighted by Crippen LogP contribution is -2.44. The number of likely N-dealkylation sites (tertiary alicyclic amines) is 1. The molecule has 22 heavy (non-hydrogen) atoms. The lowest BCUT2D eigenvalue weighted by Gasteiger charge is -2.33. The molecule has 6 heteroatoms. The highest BCUT2D eigenvalue weighted by Gasteiger charge is 2.26. The second-order valence-electron chi connectivity index (χ2n) is 5.57. The van der Waals surface area contributed by atoms with Crippen molar-refractivity contribution in [1.82, 2.24) is 19.9 Å². The van der Waals surface area contributed by atoms with Gasteiger partial charge < -0.3 is 9.47 Å². The number of hydrogen-bond donors (Lipinski definition) is 1. The number of aromatic nitrogens is 2. The molecule has 0 radical (unpaired) electrons. The molecule has 2 aromatic rings. The Bertz CT molecular complexity index is 659. The molecule has 0 bridgehead atoms. The van der Waals surface area contributed by atoms with E-state index >= 15 is 0 Å². The van der Waals surface area contributed by atoms with Crippen molar-refractivity contribution >= 4 is 17.1 Å². The fourth-order valence-corrected chi connectivity index (χ4v) is 3.23. The monoisotopic (exact) mass is 302 g/mol. The summed E-state index contributed by atoms with van der Waals surface area (Å²) in [6.45, 7) is 3.60. The van der Waals surface area contributed by atoms with Crippen molar-refractivity contribution in [3.8, 4) is 0 Å². The van der Waals surface area contributed by atoms with Gasteiger partial charge in [0.2, 0.25) is 0 Å². The van der Waals surface area contributed by atoms with Gasteiger partial charge in [-0.3, -0.25) is 4.84 Å². The number of urea groups is 1. The van der Waals surface area contributed by atoms with Crippen LogP contribution in [-0.4, -0.2) is 40.7 Å². The predicted molar refractivity (Wildman–Crippen MR) is 84.5 cm³/mol. The Morgan fingerprint density at radius 3 is 2.77 bits per heavy atom. The van der Waals surface area contributed by atoms with Crippen LogP contribution < -0.4 is 5.48 Å². The summed E-state index contributed by atoms with van der Waals surface area (Å²) >= 11 is 0. The van der Waals surface area contributed by atoms with E-state index in [0.29, 0.717) is 6.04 Å². The molecule has 3 rings (SSSR count). The number of hydroxylamine groups is 1. The van der Waals surface area contributed by atoms with Crippen LogP contribution in [0.15, 0.2) is 24.3 Å². The topological polar surface area (TPSA) is 59.4 Å². The number of imidazole rings is 1. The van der Waals surface area contributed by atoms with Gasteiger partial charge in [0.15, 0.2) is 0 Å². The fourth-order valence-electron chi connectivity index (χ4n) is 3.23. The van der Waals surface area contributed by atoms with E-state index in [2.05, 4.69) is 35.2 Å². The first-order valence-electron chi connectivity index (χ1n) is 7.78. The van der Waals surface area contributed by atoms with Crippen molar-refractivity contribution in [2.24, 2.45) is 0 Å². The largest absolute Gasteiger partial charge is 0.341 e. The Morgan fingerprint density at radius 1 is 1.36 bits per heavy atom. The number of hydrogen-bond acceptors (Lipinski definition) is 3. The quantitative estimate of drug-likeness (QED) is 0.886. The third kappa shape index (κ3) is 2.66. The smallest absolute Gasteiger partial charge is 0.325 e. The number of carbonyl (C=O) groups excluding carboxylic acids is 1. The zero-order chi connectivity index (χ0) is 15.5. The van der Waals surface area contributed by atoms with E-state index in [-0.39, 0.29) is 6.03 Å². The van der Waals surface area contributed by atoms with Crippen LogP contribution in [0.5, 0.6) is 0 Å². The van der Waals surface area contributed by atoms with Crippen LogP contribution in [0, 0.1) is 0 Å². The number of para-hydroxylation sites is 2. The van der Waals surface area contributed by atoms with Gasteiger partial charge in [-0.05, 0) is 25.0 Å². The van der Waals surface area contributed by atoms with Gasteiger partial charge in [0, 0.05) is 25.6 Å². The zero-order valence-corrected chi connectivity index (χ0v) is 13.1. The van der Waals surface area contributed by atoms with Crippen molar-refractivity contribution in [2.45, 2.75) is 32.2 Å². The first-order valence-corrected chi connectivity index (χ1v) is 7.78. The standard InChI is InChI=1S/C16H22N4O2/c1-3-15-17-13-6-4-5-7-14(13)20(15)12-8-10-19(11-9-12)16(21)18-22-2/h4-7,12H,3,8-11H2,1-2H3,(H,18,21). The van der Waals surface area contributed by atoms with Gasteiger partial charge in [-0.15, -0.1) is 0 Å². The normalized spacial score (nSPS) is 16.2. The molecule has 2 amide bonds. The van der Waals surface area contributed by atoms with Crippen LogP contribution >= 0.6 is 0 Å². The third-order valence-electron chi connectivity index (χ3n) is 4.29. The third-order valence-corrected chi connectivity index (χ3v) is 4.29. The number of rotatable bonds is 3. The van der Waals surface area contributed by atoms with Crippen LogP contribution in [0.3, 0.4) is 0 Å². The molecule has 1 saturated heterocycles. The second kappa shape index (κ2) is 6.36. The Balaban J connectivity index is 1.80. The van der Waals surface area contributed by atoms with Crippen LogP contribution in [-0.2, 0) is 11.3 Å². The van der Waals surface area contributed by atoms with E-state index in [1.807, 2.05) is 6.07 Å². The van der Waals surface area contributed by atoms with Crippen LogP contribution in [0.25, 0.3) is 11.0 Å². The number of carbonyl (C=O) groups is 1. The Hall–Kier alpha value is -2.08. The van der Waals surface area contributed by atoms with Crippen molar-refractivity contribution in [2.75, 3.05) is 20.2 Å². The van der Waals surface area contributed by atoms with Crippen molar-refractivity contribution in [3.05, 3.63) is 30.1 Å². The minimum Gasteiger partial charge on any atom is -0.325 e. The number of nitrogens with one attached hydrogen (secondary N) is 1. The molecule has 0 spiro atoms. The first-order chi connectivity index (χ1) is 10.7. The lowest BCUT2D eigenvalue weighted by molar-refractivity contribution is 0.0796. The number of benzene rings is 1. The van der Waals surface area contributed by atoms with Gasteiger partial charge in [0.25, 0.3) is 0 Å². The Kier molecular flexibility index (Phi) is 4.29. The minimum atomic E-state index is -0.160. The van der Waals surface area contributed by atoms with Gasteiger partial charge in [-0.2, -0.15) is 0 Å². The number of piperidine rings is 1. The van der Waals surface area contributed by atoms with Crippen molar-refractivity contribution in [1.29, 1.82) is 0 Å². The van der Waals surface area contributed by atoms with Gasteiger partial charge in [0.1, 0.15) is 5.82 Å². The van der Waals surface area contributed by atoms with Crippen molar-refractivity contribution < 1.29 is 9.63 Å². The summed E-state index contributed by atoms with van der Waals surface area (Å²) in [5, 5.41) is 0. The summed E-state index contributed by atoms with van der Waals surface area (Å²) < 4.78 is 2.36. The molecule has 0 saturated carbocycles. The minimum absolute atomic E-state index is 0.160. The molecule has 0 unspecified atom stereocenters. The molecule has 1 aliphatic heterocycles. The molecule has 0 atom stereocenters. The summed E-state index contributed by atoms with van der Waals surface area (Å²) in [5.74, 6) is 1.13. The Morgan fingerprint density at radius 2 is 2.09 bits per heavy atom. The highest BCUT2D eigenvalue weighted by Crippen LogP contribution is 2.29. The number of aryl methyl sites for hydroxylation is 1. The molecule has 1 aromatic heterocycles. The van der Waals surface area contributed by atoms with Crippen LogP contribution in [0.2, 0.25) is 0 Å². The van der Waals surface area contributed by atoms with Crippen molar-refractivity contribution in [3.63, 3.8) is 0 Å². The van der Waals surface area contributed by atoms with Crippen LogP contribution in [0.1, 0.15) is 31.6 Å². The van der Waals surface area contributed by atoms with E-state index in [1.165, 1.54) is 12.6 Å². The average Bonchev–Trinajstić information content (AvgIpc) is 2.93. The summed E-state index contributed by atoms with van der Waals surface area (Å²) in [4.78, 5) is 23.0.